The highest BCUT2D eigenvalue weighted by molar-refractivity contribution is 6.05. The van der Waals surface area contributed by atoms with Gasteiger partial charge in [0.05, 0.1) is 17.1 Å². The van der Waals surface area contributed by atoms with Gasteiger partial charge in [0.1, 0.15) is 28.7 Å². The number of nitrogens with zero attached hydrogens (tertiary/aromatic N) is 9. The number of hydrogen-bond donors (Lipinski definition) is 9. The molecule has 0 saturated carbocycles. The number of carboxylic acid groups (broad SMARTS) is 1. The van der Waals surface area contributed by atoms with E-state index in [-0.39, 0.29) is 83.5 Å². The van der Waals surface area contributed by atoms with Crippen molar-refractivity contribution in [2.24, 2.45) is 42.3 Å². The zero-order valence-corrected chi connectivity index (χ0v) is 41.2. The number of aryl methyl sites for hydroxylation is 6. The second-order valence-electron chi connectivity index (χ2n) is 17.6. The lowest BCUT2D eigenvalue weighted by Crippen LogP contribution is -2.47. The van der Waals surface area contributed by atoms with Crippen molar-refractivity contribution in [1.29, 1.82) is 0 Å². The van der Waals surface area contributed by atoms with Gasteiger partial charge in [-0.05, 0) is 45.4 Å². The van der Waals surface area contributed by atoms with Crippen LogP contribution >= 0.6 is 0 Å². The van der Waals surface area contributed by atoms with Crippen molar-refractivity contribution < 1.29 is 53.0 Å². The molecule has 6 aromatic rings. The Morgan fingerprint density at radius 3 is 1.51 bits per heavy atom. The Morgan fingerprint density at radius 1 is 0.575 bits per heavy atom. The maximum atomic E-state index is 13.6. The van der Waals surface area contributed by atoms with Gasteiger partial charge in [-0.3, -0.25) is 33.6 Å². The van der Waals surface area contributed by atoms with Crippen molar-refractivity contribution in [3.05, 3.63) is 96.1 Å². The third kappa shape index (κ3) is 13.6. The molecule has 0 aliphatic rings. The molecule has 0 saturated heterocycles. The number of carboxylic acids is 1. The number of alkyl carbamates (subject to hydrolysis) is 1. The summed E-state index contributed by atoms with van der Waals surface area (Å²) in [6.45, 7) is 4.73. The van der Waals surface area contributed by atoms with Crippen molar-refractivity contribution in [3.8, 4) is 0 Å². The molecule has 73 heavy (non-hydrogen) atoms. The first-order valence-corrected chi connectivity index (χ1v) is 22.2. The van der Waals surface area contributed by atoms with Crippen LogP contribution in [-0.2, 0) is 56.6 Å². The van der Waals surface area contributed by atoms with Gasteiger partial charge in [-0.15, -0.1) is 0 Å². The molecule has 9 N–H and O–H groups in total. The molecule has 0 unspecified atom stereocenters. The first-order valence-electron chi connectivity index (χ1n) is 22.2. The number of aromatic carboxylic acids is 1. The predicted molar refractivity (Wildman–Crippen MR) is 261 cm³/mol. The molecule has 0 spiro atoms. The fourth-order valence-electron chi connectivity index (χ4n) is 7.12. The molecule has 0 aliphatic heterocycles. The smallest absolute Gasteiger partial charge is 0.408 e. The molecule has 8 amide bonds. The molecule has 6 aromatic heterocycles. The number of imidazole rings is 3. The fourth-order valence-corrected chi connectivity index (χ4v) is 7.12. The zero-order chi connectivity index (χ0) is 53.5. The third-order valence-corrected chi connectivity index (χ3v) is 10.5. The number of aromatic nitrogens is 9. The van der Waals surface area contributed by atoms with Crippen LogP contribution in [0.15, 0.2) is 61.6 Å². The van der Waals surface area contributed by atoms with Crippen LogP contribution in [0.4, 0.5) is 33.5 Å². The van der Waals surface area contributed by atoms with Gasteiger partial charge in [-0.2, -0.15) is 0 Å². The summed E-state index contributed by atoms with van der Waals surface area (Å²) in [6, 6.07) is 2.89. The van der Waals surface area contributed by atoms with Crippen LogP contribution in [0, 0.1) is 0 Å². The zero-order valence-electron chi connectivity index (χ0n) is 41.2. The molecule has 6 heterocycles. The summed E-state index contributed by atoms with van der Waals surface area (Å²) in [7, 11) is 9.42. The van der Waals surface area contributed by atoms with E-state index in [1.54, 1.807) is 65.9 Å². The Morgan fingerprint density at radius 2 is 1.04 bits per heavy atom. The minimum atomic E-state index is -1.28. The molecule has 0 aliphatic carbocycles. The standard InChI is InChI=1S/C45H55N17O11/c1-45(2,3)73-44(72)52-27(37(64)56-32-23-62(9)36(55-32)42(69)51-26-18-30(43(70)71)60(7)21-26)10-12-47-38(65)28-17-25(20-59(28)6)50-41(68)35-54-31(22-61(35)8)53-33(63)11-13-48-39(66)29-16-24(19-58(29)5)49-40(67)34-46-14-15-57(34)4/h14-23,27H,10-13H2,1-9H3,(H,47,65)(H,48,66)(H,49,67)(H,50,68)(H,51,69)(H,52,72)(H,53,63)(H,56,64)(H,70,71)/t27-/m1/s1. The van der Waals surface area contributed by atoms with E-state index in [2.05, 4.69) is 57.5 Å². The number of hydrogen-bond acceptors (Lipinski definition) is 13. The van der Waals surface area contributed by atoms with Crippen LogP contribution in [0.25, 0.3) is 0 Å². The molecule has 0 fully saturated rings. The van der Waals surface area contributed by atoms with Crippen molar-refractivity contribution in [1.82, 2.24) is 58.3 Å². The van der Waals surface area contributed by atoms with Crippen LogP contribution in [0.2, 0.25) is 0 Å². The second kappa shape index (κ2) is 22.1. The number of nitrogens with one attached hydrogen (secondary N) is 8. The van der Waals surface area contributed by atoms with E-state index in [1.165, 1.54) is 86.1 Å². The van der Waals surface area contributed by atoms with Gasteiger partial charge in [0.15, 0.2) is 17.5 Å². The molecular weight excluding hydrogens is 955 g/mol. The molecule has 0 radical (unpaired) electrons. The highest BCUT2D eigenvalue weighted by Gasteiger charge is 2.27. The van der Waals surface area contributed by atoms with Gasteiger partial charge >= 0.3 is 12.1 Å². The molecule has 386 valence electrons. The Kier molecular flexibility index (Phi) is 16.0. The average molecular weight is 1010 g/mol. The molecule has 1 atom stereocenters. The fraction of sp³-hybridized carbons (Fsp3) is 0.333. The SMILES string of the molecule is Cn1cc(NC(=O)c2nc(NC(=O)[C@@H](CCNC(=O)c3cc(NC(=O)c4nc(NC(=O)CCNC(=O)c5cc(NC(=O)c6nccn6C)cn5C)cn4C)cn3C)NC(=O)OC(C)(C)C)cn2C)cc1C(=O)O. The number of carbonyl (C=O) groups is 9. The van der Waals surface area contributed by atoms with Crippen molar-refractivity contribution in [2.75, 3.05) is 39.7 Å². The van der Waals surface area contributed by atoms with Crippen molar-refractivity contribution >= 4 is 82.1 Å². The van der Waals surface area contributed by atoms with E-state index in [4.69, 9.17) is 4.74 Å². The summed E-state index contributed by atoms with van der Waals surface area (Å²) in [4.78, 5) is 128. The molecule has 0 bridgehead atoms. The molecular formula is C45H55N17O11. The van der Waals surface area contributed by atoms with Gasteiger partial charge in [0, 0.05) is 105 Å². The quantitative estimate of drug-likeness (QED) is 0.0559. The number of amides is 8. The summed E-state index contributed by atoms with van der Waals surface area (Å²) in [6.07, 6.45) is 9.17. The Bertz CT molecular complexity index is 3120. The molecule has 6 rings (SSSR count). The number of ether oxygens (including phenoxy) is 1. The van der Waals surface area contributed by atoms with E-state index in [0.717, 1.165) is 0 Å². The van der Waals surface area contributed by atoms with Crippen LogP contribution in [-0.4, -0.2) is 126 Å². The van der Waals surface area contributed by atoms with Gasteiger partial charge in [0.2, 0.25) is 23.5 Å². The van der Waals surface area contributed by atoms with Gasteiger partial charge in [0.25, 0.3) is 29.5 Å². The Hall–Kier alpha value is -9.50. The van der Waals surface area contributed by atoms with E-state index >= 15 is 0 Å². The highest BCUT2D eigenvalue weighted by Crippen LogP contribution is 2.19. The first kappa shape index (κ1) is 52.9. The molecule has 0 aromatic carbocycles. The van der Waals surface area contributed by atoms with Gasteiger partial charge in [-0.25, -0.2) is 24.5 Å². The number of carbonyl (C=O) groups excluding carboxylic acids is 8. The van der Waals surface area contributed by atoms with E-state index in [1.807, 2.05) is 0 Å². The molecule has 28 nitrogen and oxygen atoms in total. The highest BCUT2D eigenvalue weighted by atomic mass is 16.6. The lowest BCUT2D eigenvalue weighted by molar-refractivity contribution is -0.118. The lowest BCUT2D eigenvalue weighted by atomic mass is 10.2. The van der Waals surface area contributed by atoms with E-state index in [9.17, 15) is 48.3 Å². The first-order chi connectivity index (χ1) is 34.3. The predicted octanol–water partition coefficient (Wildman–Crippen LogP) is 1.77. The Balaban J connectivity index is 0.991. The summed E-state index contributed by atoms with van der Waals surface area (Å²) in [5.74, 6) is -5.34. The minimum Gasteiger partial charge on any atom is -0.477 e. The lowest BCUT2D eigenvalue weighted by Gasteiger charge is -2.23. The Labute approximate surface area is 415 Å². The largest absolute Gasteiger partial charge is 0.477 e. The summed E-state index contributed by atoms with van der Waals surface area (Å²) in [5, 5.41) is 30.3. The number of rotatable bonds is 19. The summed E-state index contributed by atoms with van der Waals surface area (Å²) in [5.41, 5.74) is 0.183. The van der Waals surface area contributed by atoms with Crippen molar-refractivity contribution in [2.45, 2.75) is 45.3 Å². The van der Waals surface area contributed by atoms with Crippen molar-refractivity contribution in [3.63, 3.8) is 0 Å². The van der Waals surface area contributed by atoms with Gasteiger partial charge in [-0.1, -0.05) is 0 Å². The second-order valence-corrected chi connectivity index (χ2v) is 17.6. The minimum absolute atomic E-state index is 0.0404. The van der Waals surface area contributed by atoms with Crippen LogP contribution < -0.4 is 42.5 Å². The van der Waals surface area contributed by atoms with Crippen LogP contribution in [0.3, 0.4) is 0 Å². The van der Waals surface area contributed by atoms with Gasteiger partial charge < -0.3 is 79.8 Å². The third-order valence-electron chi connectivity index (χ3n) is 10.5. The summed E-state index contributed by atoms with van der Waals surface area (Å²) < 4.78 is 13.9. The van der Waals surface area contributed by atoms with E-state index in [0.29, 0.717) is 5.69 Å². The monoisotopic (exact) mass is 1010 g/mol. The number of anilines is 5. The average Bonchev–Trinajstić information content (AvgIpc) is 4.16. The topological polar surface area (TPSA) is 348 Å². The maximum absolute atomic E-state index is 13.6. The maximum Gasteiger partial charge on any atom is 0.408 e. The molecule has 28 heteroatoms. The normalized spacial score (nSPS) is 11.5. The van der Waals surface area contributed by atoms with E-state index < -0.39 is 65.1 Å². The van der Waals surface area contributed by atoms with Crippen LogP contribution in [0.1, 0.15) is 96.9 Å². The van der Waals surface area contributed by atoms with Crippen LogP contribution in [0.5, 0.6) is 0 Å². The summed E-state index contributed by atoms with van der Waals surface area (Å²) >= 11 is 0.